The van der Waals surface area contributed by atoms with Crippen LogP contribution in [0.2, 0.25) is 0 Å². The lowest BCUT2D eigenvalue weighted by Crippen LogP contribution is -2.03. The molecular weight excluding hydrogens is 235 g/mol. The van der Waals surface area contributed by atoms with Gasteiger partial charge in [0, 0.05) is 0 Å². The molecule has 0 radical (unpaired) electrons. The normalized spacial score (nSPS) is 12.1. The van der Waals surface area contributed by atoms with Crippen LogP contribution in [0.1, 0.15) is 27.6 Å². The van der Waals surface area contributed by atoms with Crippen molar-refractivity contribution in [3.05, 3.63) is 71.0 Å². The summed E-state index contributed by atoms with van der Waals surface area (Å²) in [5, 5.41) is 18.9. The molecule has 0 amide bonds. The molecule has 2 N–H and O–H groups in total. The number of hydrogen-bond acceptors (Lipinski definition) is 2. The van der Waals surface area contributed by atoms with Crippen LogP contribution in [0.25, 0.3) is 0 Å². The third-order valence-electron chi connectivity index (χ3n) is 2.64. The van der Waals surface area contributed by atoms with Gasteiger partial charge in [-0.2, -0.15) is 0 Å². The molecule has 0 spiro atoms. The van der Waals surface area contributed by atoms with Crippen LogP contribution in [0.3, 0.4) is 0 Å². The molecule has 0 heterocycles. The van der Waals surface area contributed by atoms with Crippen molar-refractivity contribution in [3.63, 3.8) is 0 Å². The molecule has 1 unspecified atom stereocenters. The number of carbonyl (C=O) groups is 1. The van der Waals surface area contributed by atoms with E-state index < -0.39 is 12.1 Å². The van der Waals surface area contributed by atoms with Gasteiger partial charge in [0.2, 0.25) is 0 Å². The van der Waals surface area contributed by atoms with Crippen molar-refractivity contribution in [1.82, 2.24) is 0 Å². The molecule has 0 saturated heterocycles. The quantitative estimate of drug-likeness (QED) is 0.875. The molecule has 0 aliphatic heterocycles. The third kappa shape index (κ3) is 2.55. The highest BCUT2D eigenvalue weighted by Gasteiger charge is 2.12. The zero-order chi connectivity index (χ0) is 13.1. The predicted octanol–water partition coefficient (Wildman–Crippen LogP) is 2.61. The number of carboxylic acid groups (broad SMARTS) is 1. The molecule has 0 bridgehead atoms. The van der Waals surface area contributed by atoms with Crippen LogP contribution in [0, 0.1) is 5.82 Å². The Morgan fingerprint density at radius 1 is 1.06 bits per heavy atom. The maximum atomic E-state index is 12.8. The van der Waals surface area contributed by atoms with Crippen LogP contribution in [0.15, 0.2) is 48.5 Å². The van der Waals surface area contributed by atoms with E-state index in [4.69, 9.17) is 5.11 Å². The summed E-state index contributed by atoms with van der Waals surface area (Å²) < 4.78 is 12.8. The number of rotatable bonds is 3. The van der Waals surface area contributed by atoms with Crippen molar-refractivity contribution >= 4 is 5.97 Å². The fourth-order valence-electron chi connectivity index (χ4n) is 1.68. The number of aromatic carboxylic acids is 1. The van der Waals surface area contributed by atoms with Gasteiger partial charge in [-0.1, -0.05) is 24.3 Å². The molecule has 0 fully saturated rings. The van der Waals surface area contributed by atoms with Crippen molar-refractivity contribution < 1.29 is 19.4 Å². The number of hydrogen-bond donors (Lipinski definition) is 2. The minimum atomic E-state index is -1.05. The van der Waals surface area contributed by atoms with Crippen molar-refractivity contribution in [3.8, 4) is 0 Å². The minimum Gasteiger partial charge on any atom is -0.478 e. The molecule has 0 aromatic heterocycles. The van der Waals surface area contributed by atoms with Crippen molar-refractivity contribution in [2.24, 2.45) is 0 Å². The smallest absolute Gasteiger partial charge is 0.335 e. The van der Waals surface area contributed by atoms with Crippen LogP contribution in [-0.2, 0) is 0 Å². The summed E-state index contributed by atoms with van der Waals surface area (Å²) in [4.78, 5) is 10.8. The van der Waals surface area contributed by atoms with Gasteiger partial charge in [0.1, 0.15) is 11.9 Å². The fraction of sp³-hybridized carbons (Fsp3) is 0.0714. The second-order valence-corrected chi connectivity index (χ2v) is 3.88. The Labute approximate surface area is 103 Å². The molecule has 0 saturated carbocycles. The van der Waals surface area contributed by atoms with Crippen LogP contribution in [0.4, 0.5) is 4.39 Å². The molecule has 2 aromatic rings. The molecular formula is C14H11FO3. The predicted molar refractivity (Wildman–Crippen MR) is 63.9 cm³/mol. The Bertz CT molecular complexity index is 564. The molecule has 0 aliphatic carbocycles. The summed E-state index contributed by atoms with van der Waals surface area (Å²) in [6, 6.07) is 11.5. The van der Waals surface area contributed by atoms with Crippen molar-refractivity contribution in [2.75, 3.05) is 0 Å². The van der Waals surface area contributed by atoms with Gasteiger partial charge in [0.15, 0.2) is 0 Å². The highest BCUT2D eigenvalue weighted by molar-refractivity contribution is 5.87. The monoisotopic (exact) mass is 246 g/mol. The van der Waals surface area contributed by atoms with Gasteiger partial charge in [-0.05, 0) is 35.4 Å². The third-order valence-corrected chi connectivity index (χ3v) is 2.64. The standard InChI is InChI=1S/C14H11FO3/c15-12-6-4-9(5-7-12)13(16)10-2-1-3-11(8-10)14(17)18/h1-8,13,16H,(H,17,18). The molecule has 3 nitrogen and oxygen atoms in total. The van der Waals surface area contributed by atoms with Crippen LogP contribution >= 0.6 is 0 Å². The molecule has 2 aromatic carbocycles. The zero-order valence-corrected chi connectivity index (χ0v) is 9.38. The van der Waals surface area contributed by atoms with Gasteiger partial charge < -0.3 is 10.2 Å². The molecule has 92 valence electrons. The number of aliphatic hydroxyl groups is 1. The van der Waals surface area contributed by atoms with E-state index in [1.54, 1.807) is 12.1 Å². The first-order chi connectivity index (χ1) is 8.58. The average molecular weight is 246 g/mol. The van der Waals surface area contributed by atoms with E-state index in [1.807, 2.05) is 0 Å². The highest BCUT2D eigenvalue weighted by Crippen LogP contribution is 2.22. The minimum absolute atomic E-state index is 0.105. The Morgan fingerprint density at radius 2 is 1.72 bits per heavy atom. The SMILES string of the molecule is O=C(O)c1cccc(C(O)c2ccc(F)cc2)c1. The van der Waals surface area contributed by atoms with Gasteiger partial charge >= 0.3 is 5.97 Å². The van der Waals surface area contributed by atoms with Gasteiger partial charge in [0.05, 0.1) is 5.56 Å². The van der Waals surface area contributed by atoms with Gasteiger partial charge in [-0.3, -0.25) is 0 Å². The van der Waals surface area contributed by atoms with Crippen LogP contribution < -0.4 is 0 Å². The zero-order valence-electron chi connectivity index (χ0n) is 9.38. The van der Waals surface area contributed by atoms with Gasteiger partial charge in [0.25, 0.3) is 0 Å². The van der Waals surface area contributed by atoms with E-state index in [-0.39, 0.29) is 11.4 Å². The first-order valence-electron chi connectivity index (χ1n) is 5.34. The molecule has 1 atom stereocenters. The number of aliphatic hydroxyl groups excluding tert-OH is 1. The topological polar surface area (TPSA) is 57.5 Å². The largest absolute Gasteiger partial charge is 0.478 e. The maximum Gasteiger partial charge on any atom is 0.335 e. The Hall–Kier alpha value is -2.20. The Balaban J connectivity index is 2.33. The van der Waals surface area contributed by atoms with E-state index in [2.05, 4.69) is 0 Å². The summed E-state index contributed by atoms with van der Waals surface area (Å²) in [6.45, 7) is 0. The van der Waals surface area contributed by atoms with Crippen LogP contribution in [-0.4, -0.2) is 16.2 Å². The molecule has 0 aliphatic rings. The summed E-state index contributed by atoms with van der Waals surface area (Å²) in [5.74, 6) is -1.44. The van der Waals surface area contributed by atoms with E-state index in [1.165, 1.54) is 36.4 Å². The number of benzene rings is 2. The fourth-order valence-corrected chi connectivity index (χ4v) is 1.68. The van der Waals surface area contributed by atoms with Crippen molar-refractivity contribution in [2.45, 2.75) is 6.10 Å². The number of carboxylic acids is 1. The summed E-state index contributed by atoms with van der Waals surface area (Å²) in [6.07, 6.45) is -0.968. The first-order valence-corrected chi connectivity index (χ1v) is 5.34. The lowest BCUT2D eigenvalue weighted by Gasteiger charge is -2.11. The van der Waals surface area contributed by atoms with E-state index in [9.17, 15) is 14.3 Å². The van der Waals surface area contributed by atoms with E-state index in [0.717, 1.165) is 0 Å². The summed E-state index contributed by atoms with van der Waals surface area (Å²) in [5.41, 5.74) is 1.08. The van der Waals surface area contributed by atoms with E-state index in [0.29, 0.717) is 11.1 Å². The second-order valence-electron chi connectivity index (χ2n) is 3.88. The summed E-state index contributed by atoms with van der Waals surface area (Å²) in [7, 11) is 0. The molecule has 2 rings (SSSR count). The Morgan fingerprint density at radius 3 is 2.33 bits per heavy atom. The average Bonchev–Trinajstić information content (AvgIpc) is 2.39. The van der Waals surface area contributed by atoms with Crippen LogP contribution in [0.5, 0.6) is 0 Å². The van der Waals surface area contributed by atoms with E-state index >= 15 is 0 Å². The second kappa shape index (κ2) is 4.98. The van der Waals surface area contributed by atoms with Gasteiger partial charge in [-0.25, -0.2) is 9.18 Å². The lowest BCUT2D eigenvalue weighted by molar-refractivity contribution is 0.0696. The first kappa shape index (κ1) is 12.3. The molecule has 18 heavy (non-hydrogen) atoms. The number of halogens is 1. The maximum absolute atomic E-state index is 12.8. The Kier molecular flexibility index (Phi) is 3.39. The van der Waals surface area contributed by atoms with Crippen molar-refractivity contribution in [1.29, 1.82) is 0 Å². The summed E-state index contributed by atoms with van der Waals surface area (Å²) >= 11 is 0. The molecule has 4 heteroatoms. The van der Waals surface area contributed by atoms with Gasteiger partial charge in [-0.15, -0.1) is 0 Å². The highest BCUT2D eigenvalue weighted by atomic mass is 19.1. The lowest BCUT2D eigenvalue weighted by atomic mass is 10.00.